The Morgan fingerprint density at radius 3 is 2.50 bits per heavy atom. The first-order valence-electron chi connectivity index (χ1n) is 6.34. The molecule has 0 fully saturated rings. The average Bonchev–Trinajstić information content (AvgIpc) is 2.38. The number of amides is 2. The van der Waals surface area contributed by atoms with Crippen molar-refractivity contribution in [3.63, 3.8) is 0 Å². The van der Waals surface area contributed by atoms with Gasteiger partial charge in [-0.15, -0.1) is 0 Å². The first kappa shape index (κ1) is 16.0. The molecule has 0 aromatic heterocycles. The first-order chi connectivity index (χ1) is 9.45. The summed E-state index contributed by atoms with van der Waals surface area (Å²) in [5.41, 5.74) is 0.313. The Morgan fingerprint density at radius 2 is 1.95 bits per heavy atom. The van der Waals surface area contributed by atoms with Crippen LogP contribution in [-0.2, 0) is 4.74 Å². The summed E-state index contributed by atoms with van der Waals surface area (Å²) >= 11 is 0. The molecule has 1 atom stereocenters. The van der Waals surface area contributed by atoms with Crippen molar-refractivity contribution in [2.24, 2.45) is 5.92 Å². The first-order valence-corrected chi connectivity index (χ1v) is 6.34. The van der Waals surface area contributed by atoms with Gasteiger partial charge >= 0.3 is 12.0 Å². The van der Waals surface area contributed by atoms with E-state index in [0.717, 1.165) is 0 Å². The number of methoxy groups -OCH3 is 1. The van der Waals surface area contributed by atoms with Crippen molar-refractivity contribution in [2.75, 3.05) is 19.0 Å². The minimum Gasteiger partial charge on any atom is -0.478 e. The van der Waals surface area contributed by atoms with Crippen LogP contribution in [0.5, 0.6) is 0 Å². The van der Waals surface area contributed by atoms with E-state index in [1.54, 1.807) is 25.3 Å². The van der Waals surface area contributed by atoms with Crippen LogP contribution < -0.4 is 10.6 Å². The number of hydrogen-bond donors (Lipinski definition) is 3. The Labute approximate surface area is 118 Å². The van der Waals surface area contributed by atoms with Crippen molar-refractivity contribution in [3.05, 3.63) is 29.8 Å². The zero-order valence-corrected chi connectivity index (χ0v) is 11.8. The van der Waals surface area contributed by atoms with E-state index < -0.39 is 12.0 Å². The summed E-state index contributed by atoms with van der Waals surface area (Å²) in [5, 5.41) is 14.4. The van der Waals surface area contributed by atoms with Crippen LogP contribution in [0.25, 0.3) is 0 Å². The number of benzene rings is 1. The zero-order chi connectivity index (χ0) is 15.1. The molecule has 0 aliphatic carbocycles. The van der Waals surface area contributed by atoms with Crippen molar-refractivity contribution in [2.45, 2.75) is 19.9 Å². The van der Waals surface area contributed by atoms with Crippen LogP contribution in [0.3, 0.4) is 0 Å². The fourth-order valence-corrected chi connectivity index (χ4v) is 1.69. The molecule has 6 heteroatoms. The number of carbonyl (C=O) groups excluding carboxylic acids is 1. The standard InChI is InChI=1S/C14H20N2O4/c1-9(2)12(8-20-3)16-14(19)15-11-7-5-4-6-10(11)13(17)18/h4-7,9,12H,8H2,1-3H3,(H,17,18)(H2,15,16,19). The van der Waals surface area contributed by atoms with Crippen molar-refractivity contribution < 1.29 is 19.4 Å². The molecule has 0 aliphatic heterocycles. The molecule has 0 saturated carbocycles. The van der Waals surface area contributed by atoms with Crippen LogP contribution in [0.15, 0.2) is 24.3 Å². The monoisotopic (exact) mass is 280 g/mol. The van der Waals surface area contributed by atoms with Gasteiger partial charge in [-0.3, -0.25) is 0 Å². The summed E-state index contributed by atoms with van der Waals surface area (Å²) in [4.78, 5) is 23.0. The summed E-state index contributed by atoms with van der Waals surface area (Å²) in [6.07, 6.45) is 0. The smallest absolute Gasteiger partial charge is 0.337 e. The number of anilines is 1. The molecule has 0 heterocycles. The number of urea groups is 1. The molecular weight excluding hydrogens is 260 g/mol. The SMILES string of the molecule is COCC(NC(=O)Nc1ccccc1C(=O)O)C(C)C. The van der Waals surface area contributed by atoms with Gasteiger partial charge in [-0.05, 0) is 18.1 Å². The highest BCUT2D eigenvalue weighted by Crippen LogP contribution is 2.14. The van der Waals surface area contributed by atoms with Gasteiger partial charge in [0, 0.05) is 7.11 Å². The van der Waals surface area contributed by atoms with E-state index in [9.17, 15) is 9.59 Å². The largest absolute Gasteiger partial charge is 0.478 e. The fraction of sp³-hybridized carbons (Fsp3) is 0.429. The number of rotatable bonds is 6. The van der Waals surface area contributed by atoms with Gasteiger partial charge in [0.2, 0.25) is 0 Å². The zero-order valence-electron chi connectivity index (χ0n) is 11.8. The topological polar surface area (TPSA) is 87.7 Å². The summed E-state index contributed by atoms with van der Waals surface area (Å²) in [7, 11) is 1.56. The van der Waals surface area contributed by atoms with E-state index in [-0.39, 0.29) is 23.2 Å². The third-order valence-electron chi connectivity index (χ3n) is 2.87. The maximum Gasteiger partial charge on any atom is 0.337 e. The predicted octanol–water partition coefficient (Wildman–Crippen LogP) is 2.18. The van der Waals surface area contributed by atoms with Crippen molar-refractivity contribution in [3.8, 4) is 0 Å². The molecule has 1 unspecified atom stereocenters. The van der Waals surface area contributed by atoms with E-state index in [1.165, 1.54) is 6.07 Å². The van der Waals surface area contributed by atoms with Gasteiger partial charge in [0.05, 0.1) is 23.9 Å². The summed E-state index contributed by atoms with van der Waals surface area (Å²) in [6, 6.07) is 5.66. The normalized spacial score (nSPS) is 12.0. The van der Waals surface area contributed by atoms with Crippen LogP contribution in [-0.4, -0.2) is 36.9 Å². The molecular formula is C14H20N2O4. The molecule has 0 aliphatic rings. The molecule has 0 radical (unpaired) electrons. The molecule has 2 amide bonds. The van der Waals surface area contributed by atoms with Crippen molar-refractivity contribution in [1.82, 2.24) is 5.32 Å². The molecule has 3 N–H and O–H groups in total. The highest BCUT2D eigenvalue weighted by atomic mass is 16.5. The second kappa shape index (κ2) is 7.49. The molecule has 1 rings (SSSR count). The maximum atomic E-state index is 11.9. The van der Waals surface area contributed by atoms with Gasteiger partial charge < -0.3 is 20.5 Å². The Balaban J connectivity index is 2.73. The van der Waals surface area contributed by atoms with E-state index in [1.807, 2.05) is 13.8 Å². The number of ether oxygens (including phenoxy) is 1. The Kier molecular flexibility index (Phi) is 5.99. The van der Waals surface area contributed by atoms with E-state index in [4.69, 9.17) is 9.84 Å². The lowest BCUT2D eigenvalue weighted by Gasteiger charge is -2.22. The van der Waals surface area contributed by atoms with Crippen LogP contribution in [0.4, 0.5) is 10.5 Å². The van der Waals surface area contributed by atoms with Gasteiger partial charge in [0.1, 0.15) is 0 Å². The molecule has 0 spiro atoms. The average molecular weight is 280 g/mol. The number of para-hydroxylation sites is 1. The van der Waals surface area contributed by atoms with Crippen LogP contribution in [0, 0.1) is 5.92 Å². The lowest BCUT2D eigenvalue weighted by molar-refractivity contribution is 0.0698. The lowest BCUT2D eigenvalue weighted by atomic mass is 10.1. The minimum absolute atomic E-state index is 0.0514. The summed E-state index contributed by atoms with van der Waals surface area (Å²) in [6.45, 7) is 4.33. The summed E-state index contributed by atoms with van der Waals surface area (Å²) < 4.78 is 5.04. The Hall–Kier alpha value is -2.08. The molecule has 110 valence electrons. The number of carboxylic acid groups (broad SMARTS) is 1. The van der Waals surface area contributed by atoms with Crippen molar-refractivity contribution >= 4 is 17.7 Å². The molecule has 1 aromatic carbocycles. The number of hydrogen-bond acceptors (Lipinski definition) is 3. The second-order valence-corrected chi connectivity index (χ2v) is 4.76. The molecule has 0 bridgehead atoms. The lowest BCUT2D eigenvalue weighted by Crippen LogP contribution is -2.43. The van der Waals surface area contributed by atoms with Gasteiger partial charge in [-0.2, -0.15) is 0 Å². The molecule has 1 aromatic rings. The minimum atomic E-state index is -1.08. The number of carbonyl (C=O) groups is 2. The van der Waals surface area contributed by atoms with E-state index in [0.29, 0.717) is 6.61 Å². The highest BCUT2D eigenvalue weighted by molar-refractivity contribution is 6.00. The third-order valence-corrected chi connectivity index (χ3v) is 2.87. The van der Waals surface area contributed by atoms with Gasteiger partial charge in [-0.25, -0.2) is 9.59 Å². The number of aromatic carboxylic acids is 1. The fourth-order valence-electron chi connectivity index (χ4n) is 1.69. The van der Waals surface area contributed by atoms with E-state index in [2.05, 4.69) is 10.6 Å². The van der Waals surface area contributed by atoms with Crippen LogP contribution >= 0.6 is 0 Å². The molecule has 0 saturated heterocycles. The quantitative estimate of drug-likeness (QED) is 0.745. The maximum absolute atomic E-state index is 11.9. The van der Waals surface area contributed by atoms with E-state index >= 15 is 0 Å². The van der Waals surface area contributed by atoms with Gasteiger partial charge in [-0.1, -0.05) is 26.0 Å². The highest BCUT2D eigenvalue weighted by Gasteiger charge is 2.17. The predicted molar refractivity (Wildman–Crippen MR) is 76.1 cm³/mol. The van der Waals surface area contributed by atoms with Crippen LogP contribution in [0.1, 0.15) is 24.2 Å². The number of nitrogens with one attached hydrogen (secondary N) is 2. The van der Waals surface area contributed by atoms with Crippen LogP contribution in [0.2, 0.25) is 0 Å². The van der Waals surface area contributed by atoms with Gasteiger partial charge in [0.15, 0.2) is 0 Å². The number of carboxylic acids is 1. The molecule has 20 heavy (non-hydrogen) atoms. The van der Waals surface area contributed by atoms with Gasteiger partial charge in [0.25, 0.3) is 0 Å². The second-order valence-electron chi connectivity index (χ2n) is 4.76. The van der Waals surface area contributed by atoms with Crippen molar-refractivity contribution in [1.29, 1.82) is 0 Å². The Morgan fingerprint density at radius 1 is 1.30 bits per heavy atom. The molecule has 6 nitrogen and oxygen atoms in total. The Bertz CT molecular complexity index is 474. The third kappa shape index (κ3) is 4.55. The summed E-state index contributed by atoms with van der Waals surface area (Å²) in [5.74, 6) is -0.881.